The molecule has 0 spiro atoms. The number of rotatable bonds is 4. The molecule has 1 aliphatic heterocycles. The zero-order valence-corrected chi connectivity index (χ0v) is 14.6. The Labute approximate surface area is 150 Å². The van der Waals surface area contributed by atoms with Gasteiger partial charge >= 0.3 is 0 Å². The summed E-state index contributed by atoms with van der Waals surface area (Å²) in [6.07, 6.45) is 0.0335. The second kappa shape index (κ2) is 7.31. The third-order valence-electron chi connectivity index (χ3n) is 4.30. The van der Waals surface area contributed by atoms with Crippen molar-refractivity contribution in [2.75, 3.05) is 19.7 Å². The van der Waals surface area contributed by atoms with Crippen molar-refractivity contribution in [3.63, 3.8) is 0 Å². The monoisotopic (exact) mass is 353 g/mol. The molecule has 1 saturated heterocycles. The third kappa shape index (κ3) is 3.71. The highest BCUT2D eigenvalue weighted by Gasteiger charge is 2.22. The molecule has 6 heteroatoms. The molecule has 0 bridgehead atoms. The molecule has 3 heterocycles. The maximum atomic E-state index is 12.2. The molecule has 0 aliphatic carbocycles. The van der Waals surface area contributed by atoms with Crippen LogP contribution in [0.15, 0.2) is 64.8 Å². The highest BCUT2D eigenvalue weighted by molar-refractivity contribution is 7.13. The number of ether oxygens (including phenoxy) is 1. The Balaban J connectivity index is 1.52. The van der Waals surface area contributed by atoms with Crippen molar-refractivity contribution in [1.29, 1.82) is 0 Å². The second-order valence-corrected chi connectivity index (χ2v) is 6.97. The lowest BCUT2D eigenvalue weighted by Crippen LogP contribution is -2.42. The summed E-state index contributed by atoms with van der Waals surface area (Å²) in [5.74, 6) is 0. The third-order valence-corrected chi connectivity index (χ3v) is 5.19. The van der Waals surface area contributed by atoms with E-state index in [1.165, 1.54) is 5.56 Å². The number of hydrogen-bond donors (Lipinski definition) is 0. The van der Waals surface area contributed by atoms with Crippen LogP contribution < -0.4 is 5.56 Å². The van der Waals surface area contributed by atoms with E-state index in [0.717, 1.165) is 23.7 Å². The molecule has 128 valence electrons. The van der Waals surface area contributed by atoms with Crippen LogP contribution >= 0.6 is 11.3 Å². The molecule has 1 atom stereocenters. The first kappa shape index (κ1) is 16.2. The fourth-order valence-corrected chi connectivity index (χ4v) is 3.69. The number of aromatic nitrogens is 2. The largest absolute Gasteiger partial charge is 0.371 e. The van der Waals surface area contributed by atoms with Crippen LogP contribution in [0.5, 0.6) is 0 Å². The van der Waals surface area contributed by atoms with Gasteiger partial charge in [-0.2, -0.15) is 5.10 Å². The maximum Gasteiger partial charge on any atom is 0.268 e. The van der Waals surface area contributed by atoms with Gasteiger partial charge in [0.1, 0.15) is 5.69 Å². The van der Waals surface area contributed by atoms with Crippen molar-refractivity contribution in [2.24, 2.45) is 0 Å². The zero-order chi connectivity index (χ0) is 17.1. The highest BCUT2D eigenvalue weighted by atomic mass is 32.1. The average molecular weight is 353 g/mol. The topological polar surface area (TPSA) is 47.4 Å². The van der Waals surface area contributed by atoms with Crippen molar-refractivity contribution in [1.82, 2.24) is 14.7 Å². The molecule has 0 amide bonds. The van der Waals surface area contributed by atoms with Gasteiger partial charge in [-0.15, -0.1) is 11.3 Å². The van der Waals surface area contributed by atoms with Crippen molar-refractivity contribution >= 4 is 11.3 Å². The molecule has 4 rings (SSSR count). The van der Waals surface area contributed by atoms with Crippen LogP contribution in [0.4, 0.5) is 0 Å². The summed E-state index contributed by atoms with van der Waals surface area (Å²) < 4.78 is 7.44. The van der Waals surface area contributed by atoms with Gasteiger partial charge in [0.2, 0.25) is 0 Å². The highest BCUT2D eigenvalue weighted by Crippen LogP contribution is 2.23. The Morgan fingerprint density at radius 3 is 2.80 bits per heavy atom. The Hall–Kier alpha value is -2.28. The Morgan fingerprint density at radius 1 is 1.12 bits per heavy atom. The molecule has 2 aromatic heterocycles. The van der Waals surface area contributed by atoms with Crippen molar-refractivity contribution in [3.05, 3.63) is 75.9 Å². The summed E-state index contributed by atoms with van der Waals surface area (Å²) >= 11 is 1.62. The normalized spacial score (nSPS) is 18.3. The van der Waals surface area contributed by atoms with Gasteiger partial charge < -0.3 is 4.74 Å². The average Bonchev–Trinajstić information content (AvgIpc) is 3.19. The number of thiophene rings is 1. The summed E-state index contributed by atoms with van der Waals surface area (Å²) in [4.78, 5) is 15.5. The minimum atomic E-state index is -0.0805. The summed E-state index contributed by atoms with van der Waals surface area (Å²) in [5.41, 5.74) is 1.92. The molecule has 0 saturated carbocycles. The summed E-state index contributed by atoms with van der Waals surface area (Å²) in [6.45, 7) is 2.67. The Morgan fingerprint density at radius 2 is 2.00 bits per heavy atom. The first-order valence-electron chi connectivity index (χ1n) is 8.30. The van der Waals surface area contributed by atoms with Crippen LogP contribution in [-0.4, -0.2) is 34.4 Å². The lowest BCUT2D eigenvalue weighted by atomic mass is 10.1. The fourth-order valence-electron chi connectivity index (χ4n) is 3.00. The van der Waals surface area contributed by atoms with Crippen molar-refractivity contribution in [2.45, 2.75) is 12.8 Å². The molecule has 0 N–H and O–H groups in total. The van der Waals surface area contributed by atoms with Gasteiger partial charge in [-0.05, 0) is 23.1 Å². The predicted octanol–water partition coefficient (Wildman–Crippen LogP) is 3.00. The van der Waals surface area contributed by atoms with Gasteiger partial charge in [0.15, 0.2) is 0 Å². The lowest BCUT2D eigenvalue weighted by Gasteiger charge is -2.33. The zero-order valence-electron chi connectivity index (χ0n) is 13.7. The van der Waals surface area contributed by atoms with Crippen LogP contribution in [0.3, 0.4) is 0 Å². The molecule has 1 fully saturated rings. The van der Waals surface area contributed by atoms with Crippen LogP contribution in [0.25, 0.3) is 10.6 Å². The van der Waals surface area contributed by atoms with E-state index < -0.39 is 0 Å². The molecular weight excluding hydrogens is 334 g/mol. The van der Waals surface area contributed by atoms with E-state index in [4.69, 9.17) is 4.74 Å². The van der Waals surface area contributed by atoms with Crippen LogP contribution in [0, 0.1) is 0 Å². The van der Waals surface area contributed by atoms with E-state index in [9.17, 15) is 4.79 Å². The fraction of sp³-hybridized carbons (Fsp3) is 0.263. The SMILES string of the molecule is O=c1ccc(-c2cccs2)nn1CN1CCO[C@H](c2ccccc2)C1. The van der Waals surface area contributed by atoms with E-state index in [0.29, 0.717) is 13.3 Å². The summed E-state index contributed by atoms with van der Waals surface area (Å²) in [6, 6.07) is 17.6. The number of morpholine rings is 1. The number of hydrogen-bond acceptors (Lipinski definition) is 5. The summed E-state index contributed by atoms with van der Waals surface area (Å²) in [5, 5.41) is 6.55. The lowest BCUT2D eigenvalue weighted by molar-refractivity contribution is -0.0421. The molecule has 5 nitrogen and oxygen atoms in total. The molecular formula is C19H19N3O2S. The van der Waals surface area contributed by atoms with E-state index >= 15 is 0 Å². The minimum absolute atomic E-state index is 0.0335. The number of benzene rings is 1. The Bertz CT molecular complexity index is 877. The summed E-state index contributed by atoms with van der Waals surface area (Å²) in [7, 11) is 0. The quantitative estimate of drug-likeness (QED) is 0.723. The van der Waals surface area contributed by atoms with E-state index in [-0.39, 0.29) is 11.7 Å². The molecule has 0 radical (unpaired) electrons. The van der Waals surface area contributed by atoms with Gasteiger partial charge in [0.25, 0.3) is 5.56 Å². The molecule has 1 aromatic carbocycles. The van der Waals surface area contributed by atoms with Gasteiger partial charge in [0.05, 0.1) is 24.3 Å². The first-order chi connectivity index (χ1) is 12.3. The van der Waals surface area contributed by atoms with Crippen LogP contribution in [-0.2, 0) is 11.4 Å². The number of nitrogens with zero attached hydrogens (tertiary/aromatic N) is 3. The van der Waals surface area contributed by atoms with Gasteiger partial charge in [-0.25, -0.2) is 4.68 Å². The van der Waals surface area contributed by atoms with Gasteiger partial charge in [-0.1, -0.05) is 36.4 Å². The van der Waals surface area contributed by atoms with Crippen LogP contribution in [0.1, 0.15) is 11.7 Å². The van der Waals surface area contributed by atoms with Crippen molar-refractivity contribution < 1.29 is 4.74 Å². The van der Waals surface area contributed by atoms with E-state index in [1.54, 1.807) is 28.2 Å². The molecule has 25 heavy (non-hydrogen) atoms. The molecule has 0 unspecified atom stereocenters. The predicted molar refractivity (Wildman–Crippen MR) is 98.5 cm³/mol. The van der Waals surface area contributed by atoms with Gasteiger partial charge in [0, 0.05) is 19.2 Å². The molecule has 1 aliphatic rings. The Kier molecular flexibility index (Phi) is 4.74. The first-order valence-corrected chi connectivity index (χ1v) is 9.18. The van der Waals surface area contributed by atoms with Crippen molar-refractivity contribution in [3.8, 4) is 10.6 Å². The standard InChI is InChI=1S/C19H19N3O2S/c23-19-9-8-16(18-7-4-12-25-18)20-22(19)14-21-10-11-24-17(13-21)15-5-2-1-3-6-15/h1-9,12,17H,10-11,13-14H2/t17-/m0/s1. The molecule has 3 aromatic rings. The smallest absolute Gasteiger partial charge is 0.268 e. The second-order valence-electron chi connectivity index (χ2n) is 6.02. The minimum Gasteiger partial charge on any atom is -0.371 e. The van der Waals surface area contributed by atoms with Crippen LogP contribution in [0.2, 0.25) is 0 Å². The van der Waals surface area contributed by atoms with E-state index in [1.807, 2.05) is 35.7 Å². The van der Waals surface area contributed by atoms with Gasteiger partial charge in [-0.3, -0.25) is 9.69 Å². The van der Waals surface area contributed by atoms with E-state index in [2.05, 4.69) is 22.1 Å². The maximum absolute atomic E-state index is 12.2.